The Morgan fingerprint density at radius 1 is 1.04 bits per heavy atom. The third-order valence-corrected chi connectivity index (χ3v) is 3.88. The van der Waals surface area contributed by atoms with Gasteiger partial charge in [0.15, 0.2) is 17.3 Å². The standard InChI is InChI=1S/C15H13N5O3/c1-4-11-17-18-15-16-13-12(19-20(11)15)7-5-9(22-2)10(23-3)6-8(7)14(13)21/h5-6H,4H2,1-3H3. The van der Waals surface area contributed by atoms with E-state index < -0.39 is 0 Å². The number of nitrogens with zero attached hydrogens (tertiary/aromatic N) is 5. The number of fused-ring (bicyclic) bond motifs is 4. The van der Waals surface area contributed by atoms with Gasteiger partial charge in [-0.25, -0.2) is 4.98 Å². The fraction of sp³-hybridized carbons (Fsp3) is 0.267. The van der Waals surface area contributed by atoms with Gasteiger partial charge < -0.3 is 9.47 Å². The molecule has 116 valence electrons. The van der Waals surface area contributed by atoms with Crippen molar-refractivity contribution in [2.24, 2.45) is 0 Å². The molecule has 8 nitrogen and oxygen atoms in total. The van der Waals surface area contributed by atoms with E-state index in [4.69, 9.17) is 9.47 Å². The zero-order chi connectivity index (χ0) is 16.1. The van der Waals surface area contributed by atoms with Crippen molar-refractivity contribution < 1.29 is 14.3 Å². The first-order chi connectivity index (χ1) is 11.2. The molecule has 0 radical (unpaired) electrons. The second-order valence-electron chi connectivity index (χ2n) is 5.07. The molecule has 0 N–H and O–H groups in total. The molecule has 2 heterocycles. The van der Waals surface area contributed by atoms with Crippen LogP contribution in [0.25, 0.3) is 17.0 Å². The van der Waals surface area contributed by atoms with E-state index in [0.717, 1.165) is 0 Å². The van der Waals surface area contributed by atoms with Gasteiger partial charge in [0, 0.05) is 17.5 Å². The summed E-state index contributed by atoms with van der Waals surface area (Å²) in [6.07, 6.45) is 0.668. The zero-order valence-electron chi connectivity index (χ0n) is 12.8. The second kappa shape index (κ2) is 4.73. The molecule has 4 rings (SSSR count). The summed E-state index contributed by atoms with van der Waals surface area (Å²) < 4.78 is 12.1. The van der Waals surface area contributed by atoms with Crippen molar-refractivity contribution in [1.29, 1.82) is 0 Å². The van der Waals surface area contributed by atoms with Gasteiger partial charge in [-0.15, -0.1) is 10.2 Å². The van der Waals surface area contributed by atoms with Gasteiger partial charge in [0.1, 0.15) is 11.4 Å². The number of aromatic nitrogens is 5. The first-order valence-electron chi connectivity index (χ1n) is 7.11. The Bertz CT molecular complexity index is 963. The highest BCUT2D eigenvalue weighted by Crippen LogP contribution is 2.41. The van der Waals surface area contributed by atoms with Crippen LogP contribution in [0.3, 0.4) is 0 Å². The predicted octanol–water partition coefficient (Wildman–Crippen LogP) is 1.31. The molecule has 8 heteroatoms. The highest BCUT2D eigenvalue weighted by atomic mass is 16.5. The Morgan fingerprint density at radius 2 is 1.74 bits per heavy atom. The molecule has 0 unspecified atom stereocenters. The largest absolute Gasteiger partial charge is 0.493 e. The summed E-state index contributed by atoms with van der Waals surface area (Å²) in [5, 5.41) is 12.5. The highest BCUT2D eigenvalue weighted by molar-refractivity contribution is 6.20. The van der Waals surface area contributed by atoms with Gasteiger partial charge in [-0.1, -0.05) is 6.92 Å². The molecule has 1 aliphatic rings. The summed E-state index contributed by atoms with van der Waals surface area (Å²) in [5.41, 5.74) is 1.95. The number of benzene rings is 1. The van der Waals surface area contributed by atoms with Crippen LogP contribution < -0.4 is 9.47 Å². The number of ether oxygens (including phenoxy) is 2. The molecule has 1 aromatic carbocycles. The summed E-state index contributed by atoms with van der Waals surface area (Å²) in [7, 11) is 3.08. The number of aryl methyl sites for hydroxylation is 1. The summed E-state index contributed by atoms with van der Waals surface area (Å²) in [4.78, 5) is 16.9. The van der Waals surface area contributed by atoms with Crippen molar-refractivity contribution in [1.82, 2.24) is 24.8 Å². The summed E-state index contributed by atoms with van der Waals surface area (Å²) >= 11 is 0. The van der Waals surface area contributed by atoms with Crippen molar-refractivity contribution in [2.45, 2.75) is 13.3 Å². The highest BCUT2D eigenvalue weighted by Gasteiger charge is 2.33. The van der Waals surface area contributed by atoms with E-state index in [1.165, 1.54) is 7.11 Å². The van der Waals surface area contributed by atoms with Crippen LogP contribution >= 0.6 is 0 Å². The van der Waals surface area contributed by atoms with Gasteiger partial charge >= 0.3 is 0 Å². The molecule has 3 aromatic rings. The lowest BCUT2D eigenvalue weighted by atomic mass is 10.1. The van der Waals surface area contributed by atoms with E-state index in [1.54, 1.807) is 23.8 Å². The van der Waals surface area contributed by atoms with Crippen molar-refractivity contribution in [3.63, 3.8) is 0 Å². The third-order valence-electron chi connectivity index (χ3n) is 3.88. The average Bonchev–Trinajstić information content (AvgIpc) is 3.11. The Labute approximate surface area is 131 Å². The second-order valence-corrected chi connectivity index (χ2v) is 5.07. The van der Waals surface area contributed by atoms with Crippen LogP contribution in [0.1, 0.15) is 28.8 Å². The quantitative estimate of drug-likeness (QED) is 0.563. The number of hydrogen-bond donors (Lipinski definition) is 0. The van der Waals surface area contributed by atoms with Crippen molar-refractivity contribution in [3.05, 3.63) is 29.2 Å². The normalized spacial score (nSPS) is 12.4. The maximum Gasteiger partial charge on any atom is 0.272 e. The van der Waals surface area contributed by atoms with Crippen LogP contribution in [0.2, 0.25) is 0 Å². The van der Waals surface area contributed by atoms with Crippen molar-refractivity contribution in [3.8, 4) is 22.8 Å². The molecular formula is C15H13N5O3. The SMILES string of the molecule is CCc1nnc2nc3c(nn12)-c1cc(OC)c(OC)cc1C3=O. The van der Waals surface area contributed by atoms with E-state index in [2.05, 4.69) is 20.3 Å². The number of methoxy groups -OCH3 is 2. The molecule has 0 spiro atoms. The van der Waals surface area contributed by atoms with Crippen LogP contribution in [0, 0.1) is 0 Å². The average molecular weight is 311 g/mol. The molecule has 0 amide bonds. The van der Waals surface area contributed by atoms with Gasteiger partial charge in [-0.3, -0.25) is 4.79 Å². The minimum absolute atomic E-state index is 0.202. The molecule has 0 fully saturated rings. The maximum absolute atomic E-state index is 12.6. The van der Waals surface area contributed by atoms with Crippen LogP contribution in [0.5, 0.6) is 11.5 Å². The number of carbonyl (C=O) groups is 1. The lowest BCUT2D eigenvalue weighted by Crippen LogP contribution is -2.05. The molecule has 0 atom stereocenters. The fourth-order valence-corrected chi connectivity index (χ4v) is 2.73. The van der Waals surface area contributed by atoms with Gasteiger partial charge in [0.05, 0.1) is 14.2 Å². The monoisotopic (exact) mass is 311 g/mol. The van der Waals surface area contributed by atoms with Crippen molar-refractivity contribution in [2.75, 3.05) is 14.2 Å². The van der Waals surface area contributed by atoms with Crippen molar-refractivity contribution >= 4 is 11.6 Å². The Kier molecular flexibility index (Phi) is 2.80. The Hall–Kier alpha value is -3.03. The van der Waals surface area contributed by atoms with Gasteiger partial charge in [0.2, 0.25) is 5.78 Å². The van der Waals surface area contributed by atoms with Crippen LogP contribution in [0.15, 0.2) is 12.1 Å². The predicted molar refractivity (Wildman–Crippen MR) is 79.9 cm³/mol. The molecule has 0 saturated carbocycles. The summed E-state index contributed by atoms with van der Waals surface area (Å²) in [6, 6.07) is 3.40. The molecule has 2 aromatic heterocycles. The van der Waals surface area contributed by atoms with E-state index in [1.807, 2.05) is 6.92 Å². The van der Waals surface area contributed by atoms with E-state index >= 15 is 0 Å². The van der Waals surface area contributed by atoms with Gasteiger partial charge in [-0.05, 0) is 12.1 Å². The number of rotatable bonds is 3. The third kappa shape index (κ3) is 1.74. The first-order valence-corrected chi connectivity index (χ1v) is 7.11. The van der Waals surface area contributed by atoms with Gasteiger partial charge in [-0.2, -0.15) is 9.61 Å². The maximum atomic E-state index is 12.6. The molecule has 0 saturated heterocycles. The zero-order valence-corrected chi connectivity index (χ0v) is 12.8. The lowest BCUT2D eigenvalue weighted by Gasteiger charge is -2.09. The topological polar surface area (TPSA) is 91.5 Å². The number of carbonyl (C=O) groups excluding carboxylic acids is 1. The van der Waals surface area contributed by atoms with Crippen LogP contribution in [-0.2, 0) is 6.42 Å². The smallest absolute Gasteiger partial charge is 0.272 e. The lowest BCUT2D eigenvalue weighted by molar-refractivity contribution is 0.103. The minimum atomic E-state index is -0.202. The summed E-state index contributed by atoms with van der Waals surface area (Å²) in [5.74, 6) is 1.84. The summed E-state index contributed by atoms with van der Waals surface area (Å²) in [6.45, 7) is 1.96. The molecule has 1 aliphatic carbocycles. The van der Waals surface area contributed by atoms with E-state index in [0.29, 0.717) is 46.3 Å². The van der Waals surface area contributed by atoms with E-state index in [-0.39, 0.29) is 11.5 Å². The van der Waals surface area contributed by atoms with Crippen LogP contribution in [-0.4, -0.2) is 44.8 Å². The van der Waals surface area contributed by atoms with Gasteiger partial charge in [0.25, 0.3) is 5.78 Å². The molecule has 0 aliphatic heterocycles. The van der Waals surface area contributed by atoms with E-state index in [9.17, 15) is 4.79 Å². The number of hydrogen-bond acceptors (Lipinski definition) is 7. The minimum Gasteiger partial charge on any atom is -0.493 e. The molecule has 0 bridgehead atoms. The Balaban J connectivity index is 2.02. The van der Waals surface area contributed by atoms with Crippen LogP contribution in [0.4, 0.5) is 0 Å². The first kappa shape index (κ1) is 13.6. The molecular weight excluding hydrogens is 298 g/mol. The molecule has 23 heavy (non-hydrogen) atoms. The Morgan fingerprint density at radius 3 is 2.39 bits per heavy atom. The fourth-order valence-electron chi connectivity index (χ4n) is 2.73. The number of ketones is 1.